The van der Waals surface area contributed by atoms with Gasteiger partial charge in [-0.3, -0.25) is 4.57 Å². The SMILES string of the molecule is CC(Nc1nc(C#N)nc2c1ccn2[C@@H]1O[C@H](COOP(C)(=O)O)[C@@H](O)[C@H]1O)c1ccccc1F. The lowest BCUT2D eigenvalue weighted by molar-refractivity contribution is -0.238. The fourth-order valence-corrected chi connectivity index (χ4v) is 4.06. The number of nitrogens with one attached hydrogen (secondary N) is 1. The molecule has 0 bridgehead atoms. The Morgan fingerprint density at radius 3 is 2.74 bits per heavy atom. The molecule has 4 N–H and O–H groups in total. The number of nitrogens with zero attached hydrogens (tertiary/aromatic N) is 4. The molecule has 0 amide bonds. The summed E-state index contributed by atoms with van der Waals surface area (Å²) >= 11 is 0. The molecule has 2 unspecified atom stereocenters. The number of benzene rings is 1. The van der Waals surface area contributed by atoms with Crippen LogP contribution in [0.3, 0.4) is 0 Å². The number of ether oxygens (including phenoxy) is 1. The van der Waals surface area contributed by atoms with Gasteiger partial charge >= 0.3 is 7.60 Å². The minimum absolute atomic E-state index is 0.177. The topological polar surface area (TPSA) is 172 Å². The maximum atomic E-state index is 14.2. The molecule has 186 valence electrons. The van der Waals surface area contributed by atoms with Gasteiger partial charge in [-0.25, -0.2) is 19.2 Å². The van der Waals surface area contributed by atoms with Gasteiger partial charge in [0.15, 0.2) is 6.23 Å². The van der Waals surface area contributed by atoms with Gasteiger partial charge in [0.2, 0.25) is 5.82 Å². The van der Waals surface area contributed by atoms with Crippen LogP contribution in [0, 0.1) is 17.1 Å². The van der Waals surface area contributed by atoms with Crippen LogP contribution < -0.4 is 5.32 Å². The Kier molecular flexibility index (Phi) is 7.16. The van der Waals surface area contributed by atoms with E-state index < -0.39 is 50.6 Å². The predicted octanol–water partition coefficient (Wildman–Crippen LogP) is 2.00. The molecule has 35 heavy (non-hydrogen) atoms. The quantitative estimate of drug-likeness (QED) is 0.200. The second-order valence-electron chi connectivity index (χ2n) is 8.06. The van der Waals surface area contributed by atoms with Gasteiger partial charge in [0, 0.05) is 18.4 Å². The number of hydrogen-bond acceptors (Lipinski definition) is 10. The van der Waals surface area contributed by atoms with Crippen LogP contribution in [-0.4, -0.2) is 61.2 Å². The molecule has 12 nitrogen and oxygen atoms in total. The Labute approximate surface area is 199 Å². The number of nitriles is 1. The van der Waals surface area contributed by atoms with Crippen molar-refractivity contribution in [1.82, 2.24) is 14.5 Å². The smallest absolute Gasteiger partial charge is 0.352 e. The molecule has 14 heteroatoms. The molecule has 4 rings (SSSR count). The average molecular weight is 507 g/mol. The summed E-state index contributed by atoms with van der Waals surface area (Å²) in [5, 5.41) is 33.9. The van der Waals surface area contributed by atoms with E-state index in [9.17, 15) is 24.4 Å². The number of rotatable bonds is 8. The van der Waals surface area contributed by atoms with Crippen molar-refractivity contribution in [2.45, 2.75) is 37.5 Å². The van der Waals surface area contributed by atoms with Crippen molar-refractivity contribution in [2.24, 2.45) is 0 Å². The molecule has 0 radical (unpaired) electrons. The summed E-state index contributed by atoms with van der Waals surface area (Å²) in [5.41, 5.74) is 0.627. The fourth-order valence-electron chi connectivity index (χ4n) is 3.80. The Morgan fingerprint density at radius 1 is 1.31 bits per heavy atom. The fraction of sp³-hybridized carbons (Fsp3) is 0.381. The Hall–Kier alpha value is -2.95. The van der Waals surface area contributed by atoms with E-state index in [4.69, 9.17) is 9.63 Å². The van der Waals surface area contributed by atoms with E-state index in [1.807, 2.05) is 6.07 Å². The number of halogens is 1. The van der Waals surface area contributed by atoms with Gasteiger partial charge in [0.05, 0.1) is 11.4 Å². The maximum absolute atomic E-state index is 14.2. The monoisotopic (exact) mass is 507 g/mol. The van der Waals surface area contributed by atoms with Crippen LogP contribution in [0.2, 0.25) is 0 Å². The molecule has 1 fully saturated rings. The molecule has 1 aromatic carbocycles. The second kappa shape index (κ2) is 9.96. The van der Waals surface area contributed by atoms with Gasteiger partial charge in [-0.2, -0.15) is 5.26 Å². The maximum Gasteiger partial charge on any atom is 0.352 e. The molecule has 1 aliphatic rings. The summed E-state index contributed by atoms with van der Waals surface area (Å²) in [6, 6.07) is 9.26. The van der Waals surface area contributed by atoms with Crippen molar-refractivity contribution < 1.29 is 38.4 Å². The summed E-state index contributed by atoms with van der Waals surface area (Å²) in [4.78, 5) is 22.2. The first kappa shape index (κ1) is 25.2. The van der Waals surface area contributed by atoms with Crippen LogP contribution in [0.4, 0.5) is 10.2 Å². The van der Waals surface area contributed by atoms with Crippen molar-refractivity contribution in [3.8, 4) is 6.07 Å². The lowest BCUT2D eigenvalue weighted by atomic mass is 10.1. The third kappa shape index (κ3) is 5.34. The van der Waals surface area contributed by atoms with E-state index in [0.29, 0.717) is 10.9 Å². The molecule has 2 aromatic heterocycles. The summed E-state index contributed by atoms with van der Waals surface area (Å²) in [5.74, 6) is -0.308. The summed E-state index contributed by atoms with van der Waals surface area (Å²) in [6.07, 6.45) is -3.51. The van der Waals surface area contributed by atoms with Crippen LogP contribution in [0.15, 0.2) is 36.5 Å². The van der Waals surface area contributed by atoms with Crippen LogP contribution in [0.5, 0.6) is 0 Å². The van der Waals surface area contributed by atoms with E-state index in [-0.39, 0.29) is 17.3 Å². The normalized spacial score (nSPS) is 24.7. The highest BCUT2D eigenvalue weighted by Gasteiger charge is 2.44. The van der Waals surface area contributed by atoms with E-state index >= 15 is 0 Å². The second-order valence-corrected chi connectivity index (χ2v) is 9.82. The lowest BCUT2D eigenvalue weighted by Crippen LogP contribution is -2.33. The first-order valence-electron chi connectivity index (χ1n) is 10.5. The highest BCUT2D eigenvalue weighted by Crippen LogP contribution is 2.38. The number of fused-ring (bicyclic) bond motifs is 1. The Morgan fingerprint density at radius 2 is 2.06 bits per heavy atom. The van der Waals surface area contributed by atoms with Crippen LogP contribution in [0.25, 0.3) is 11.0 Å². The zero-order valence-electron chi connectivity index (χ0n) is 18.6. The average Bonchev–Trinajstić information content (AvgIpc) is 3.34. The summed E-state index contributed by atoms with van der Waals surface area (Å²) in [6.45, 7) is 2.23. The third-order valence-electron chi connectivity index (χ3n) is 5.43. The van der Waals surface area contributed by atoms with Crippen LogP contribution in [-0.2, 0) is 18.9 Å². The molecule has 0 aliphatic carbocycles. The van der Waals surface area contributed by atoms with Gasteiger partial charge < -0.3 is 29.7 Å². The number of anilines is 1. The van der Waals surface area contributed by atoms with E-state index in [1.165, 1.54) is 16.8 Å². The standard InChI is InChI=1S/C21H23FN5O7P/c1-11(12-5-3-4-6-14(12)22)24-19-13-7-8-27(20(13)26-16(9-23)25-19)21-18(29)17(28)15(33-21)10-32-34-35(2,30)31/h3-8,11,15,17-18,21,28-29H,10H2,1-2H3,(H,30,31)(H,24,25,26)/t11?,15-,17-,18-,21-/m1/s1. The largest absolute Gasteiger partial charge is 0.387 e. The Bertz CT molecular complexity index is 1310. The highest BCUT2D eigenvalue weighted by molar-refractivity contribution is 7.51. The molecule has 3 heterocycles. The number of aliphatic hydroxyl groups is 2. The van der Waals surface area contributed by atoms with Crippen LogP contribution in [0.1, 0.15) is 30.6 Å². The molecule has 1 aliphatic heterocycles. The van der Waals surface area contributed by atoms with Gasteiger partial charge in [-0.05, 0) is 19.1 Å². The van der Waals surface area contributed by atoms with E-state index in [2.05, 4.69) is 24.8 Å². The minimum atomic E-state index is -3.91. The van der Waals surface area contributed by atoms with Gasteiger partial charge in [0.1, 0.15) is 48.3 Å². The van der Waals surface area contributed by atoms with Gasteiger partial charge in [-0.1, -0.05) is 18.2 Å². The van der Waals surface area contributed by atoms with Crippen molar-refractivity contribution in [3.63, 3.8) is 0 Å². The zero-order valence-corrected chi connectivity index (χ0v) is 19.5. The van der Waals surface area contributed by atoms with Crippen LogP contribution >= 0.6 is 7.60 Å². The highest BCUT2D eigenvalue weighted by atomic mass is 31.2. The van der Waals surface area contributed by atoms with Gasteiger partial charge in [0.25, 0.3) is 0 Å². The summed E-state index contributed by atoms with van der Waals surface area (Å²) in [7, 11) is -3.91. The number of hydrogen-bond donors (Lipinski definition) is 4. The molecule has 6 atom stereocenters. The first-order valence-corrected chi connectivity index (χ1v) is 12.5. The van der Waals surface area contributed by atoms with Gasteiger partial charge in [-0.15, -0.1) is 4.67 Å². The van der Waals surface area contributed by atoms with E-state index in [0.717, 1.165) is 6.66 Å². The molecular formula is C21H23FN5O7P. The van der Waals surface area contributed by atoms with Crippen molar-refractivity contribution in [1.29, 1.82) is 5.26 Å². The number of aliphatic hydroxyl groups excluding tert-OH is 2. The molecule has 0 saturated carbocycles. The zero-order chi connectivity index (χ0) is 25.3. The molecule has 3 aromatic rings. The molecular weight excluding hydrogens is 484 g/mol. The lowest BCUT2D eigenvalue weighted by Gasteiger charge is -2.19. The molecule has 1 saturated heterocycles. The van der Waals surface area contributed by atoms with E-state index in [1.54, 1.807) is 31.2 Å². The predicted molar refractivity (Wildman–Crippen MR) is 119 cm³/mol. The first-order chi connectivity index (χ1) is 16.6. The third-order valence-corrected chi connectivity index (χ3v) is 5.81. The van der Waals surface area contributed by atoms with Crippen molar-refractivity contribution >= 4 is 24.4 Å². The van der Waals surface area contributed by atoms with Crippen molar-refractivity contribution in [2.75, 3.05) is 18.6 Å². The minimum Gasteiger partial charge on any atom is -0.387 e. The Balaban J connectivity index is 1.62. The number of aromatic nitrogens is 3. The molecule has 0 spiro atoms. The summed E-state index contributed by atoms with van der Waals surface area (Å²) < 4.78 is 36.9. The van der Waals surface area contributed by atoms with Crippen molar-refractivity contribution in [3.05, 3.63) is 53.7 Å².